The second-order valence-electron chi connectivity index (χ2n) is 3.78. The summed E-state index contributed by atoms with van der Waals surface area (Å²) >= 11 is 3.16. The van der Waals surface area contributed by atoms with Crippen molar-refractivity contribution < 1.29 is 24.2 Å². The minimum Gasteiger partial charge on any atom is -0.480 e. The molecule has 3 amide bonds. The number of rotatable bonds is 4. The molecule has 0 aromatic heterocycles. The molecule has 1 unspecified atom stereocenters. The van der Waals surface area contributed by atoms with E-state index in [0.29, 0.717) is 10.2 Å². The molecular formula is C12H13BrN2O5. The van der Waals surface area contributed by atoms with Gasteiger partial charge in [-0.25, -0.2) is 9.59 Å². The summed E-state index contributed by atoms with van der Waals surface area (Å²) in [5.41, 5.74) is 0.0895. The molecule has 0 saturated heterocycles. The lowest BCUT2D eigenvalue weighted by Crippen LogP contribution is -2.44. The van der Waals surface area contributed by atoms with Crippen molar-refractivity contribution in [3.8, 4) is 5.75 Å². The number of carboxylic acids is 1. The number of amides is 3. The van der Waals surface area contributed by atoms with Crippen molar-refractivity contribution in [2.24, 2.45) is 0 Å². The molecule has 1 aromatic carbocycles. The van der Waals surface area contributed by atoms with Gasteiger partial charge in [-0.1, -0.05) is 0 Å². The van der Waals surface area contributed by atoms with Crippen LogP contribution in [0.1, 0.15) is 17.3 Å². The van der Waals surface area contributed by atoms with Crippen LogP contribution in [0.15, 0.2) is 22.7 Å². The molecule has 3 N–H and O–H groups in total. The van der Waals surface area contributed by atoms with E-state index < -0.39 is 24.0 Å². The van der Waals surface area contributed by atoms with Crippen molar-refractivity contribution in [2.45, 2.75) is 13.0 Å². The molecule has 8 heteroatoms. The van der Waals surface area contributed by atoms with E-state index in [-0.39, 0.29) is 5.56 Å². The number of nitrogens with one attached hydrogen (secondary N) is 2. The molecule has 0 aliphatic rings. The van der Waals surface area contributed by atoms with E-state index in [2.05, 4.69) is 26.6 Å². The SMILES string of the molecule is CNC(=O)NC(=O)C(C)Oc1ccc(C(=O)O)cc1Br. The first-order valence-corrected chi connectivity index (χ1v) is 6.36. The molecule has 7 nitrogen and oxygen atoms in total. The van der Waals surface area contributed by atoms with E-state index in [0.717, 1.165) is 0 Å². The standard InChI is InChI=1S/C12H13BrN2O5/c1-6(10(16)15-12(19)14-2)20-9-4-3-7(11(17)18)5-8(9)13/h3-6H,1-2H3,(H,17,18)(H2,14,15,16,19). The predicted molar refractivity (Wildman–Crippen MR) is 73.8 cm³/mol. The lowest BCUT2D eigenvalue weighted by Gasteiger charge is -2.15. The number of urea groups is 1. The third kappa shape index (κ3) is 4.23. The van der Waals surface area contributed by atoms with E-state index in [4.69, 9.17) is 9.84 Å². The zero-order chi connectivity index (χ0) is 15.3. The van der Waals surface area contributed by atoms with Gasteiger partial charge in [0, 0.05) is 7.05 Å². The van der Waals surface area contributed by atoms with Gasteiger partial charge in [0.1, 0.15) is 5.75 Å². The summed E-state index contributed by atoms with van der Waals surface area (Å²) in [5.74, 6) is -1.38. The Balaban J connectivity index is 2.75. The van der Waals surface area contributed by atoms with Gasteiger partial charge in [0.2, 0.25) is 0 Å². The van der Waals surface area contributed by atoms with E-state index in [1.165, 1.54) is 32.2 Å². The van der Waals surface area contributed by atoms with E-state index in [1.807, 2.05) is 0 Å². The van der Waals surface area contributed by atoms with Gasteiger partial charge < -0.3 is 15.2 Å². The normalized spacial score (nSPS) is 11.3. The Kier molecular flexibility index (Phi) is 5.51. The smallest absolute Gasteiger partial charge is 0.335 e. The minimum atomic E-state index is -1.07. The van der Waals surface area contributed by atoms with Gasteiger partial charge in [0.05, 0.1) is 10.0 Å². The first-order valence-electron chi connectivity index (χ1n) is 5.57. The topological polar surface area (TPSA) is 105 Å². The largest absolute Gasteiger partial charge is 0.480 e. The lowest BCUT2D eigenvalue weighted by atomic mass is 10.2. The van der Waals surface area contributed by atoms with Crippen LogP contribution in [0.3, 0.4) is 0 Å². The first kappa shape index (κ1) is 16.0. The highest BCUT2D eigenvalue weighted by Crippen LogP contribution is 2.27. The van der Waals surface area contributed by atoms with Crippen LogP contribution in [-0.2, 0) is 4.79 Å². The monoisotopic (exact) mass is 344 g/mol. The number of benzene rings is 1. The van der Waals surface area contributed by atoms with E-state index in [9.17, 15) is 14.4 Å². The van der Waals surface area contributed by atoms with Crippen molar-refractivity contribution in [3.05, 3.63) is 28.2 Å². The van der Waals surface area contributed by atoms with Gasteiger partial charge in [0.25, 0.3) is 5.91 Å². The molecule has 20 heavy (non-hydrogen) atoms. The number of carboxylic acid groups (broad SMARTS) is 1. The highest BCUT2D eigenvalue weighted by Gasteiger charge is 2.18. The van der Waals surface area contributed by atoms with Crippen molar-refractivity contribution in [1.82, 2.24) is 10.6 Å². The molecule has 0 aliphatic carbocycles. The molecule has 0 fully saturated rings. The van der Waals surface area contributed by atoms with Crippen LogP contribution in [0, 0.1) is 0 Å². The third-order valence-corrected chi connectivity index (χ3v) is 2.94. The van der Waals surface area contributed by atoms with Gasteiger partial charge in [-0.3, -0.25) is 10.1 Å². The number of imide groups is 1. The van der Waals surface area contributed by atoms with Crippen molar-refractivity contribution in [1.29, 1.82) is 0 Å². The molecule has 1 aromatic rings. The molecule has 0 radical (unpaired) electrons. The summed E-state index contributed by atoms with van der Waals surface area (Å²) in [6.07, 6.45) is -0.917. The van der Waals surface area contributed by atoms with E-state index in [1.54, 1.807) is 0 Å². The molecule has 0 bridgehead atoms. The average molecular weight is 345 g/mol. The molecule has 0 aliphatic heterocycles. The van der Waals surface area contributed by atoms with Gasteiger partial charge in [-0.2, -0.15) is 0 Å². The fourth-order valence-corrected chi connectivity index (χ4v) is 1.72. The van der Waals surface area contributed by atoms with Crippen LogP contribution in [-0.4, -0.2) is 36.2 Å². The average Bonchev–Trinajstić information content (AvgIpc) is 2.40. The number of hydrogen-bond donors (Lipinski definition) is 3. The van der Waals surface area contributed by atoms with Crippen LogP contribution in [0.2, 0.25) is 0 Å². The Labute approximate surface area is 123 Å². The third-order valence-electron chi connectivity index (χ3n) is 2.32. The second-order valence-corrected chi connectivity index (χ2v) is 4.63. The van der Waals surface area contributed by atoms with Gasteiger partial charge in [0.15, 0.2) is 6.10 Å². The van der Waals surface area contributed by atoms with Crippen LogP contribution in [0.5, 0.6) is 5.75 Å². The quantitative estimate of drug-likeness (QED) is 0.765. The fourth-order valence-electron chi connectivity index (χ4n) is 1.25. The molecule has 108 valence electrons. The summed E-state index contributed by atoms with van der Waals surface area (Å²) in [6, 6.07) is 3.51. The summed E-state index contributed by atoms with van der Waals surface area (Å²) in [7, 11) is 1.38. The lowest BCUT2D eigenvalue weighted by molar-refractivity contribution is -0.126. The van der Waals surface area contributed by atoms with Gasteiger partial charge >= 0.3 is 12.0 Å². The van der Waals surface area contributed by atoms with Gasteiger partial charge in [-0.15, -0.1) is 0 Å². The Hall–Kier alpha value is -2.09. The highest BCUT2D eigenvalue weighted by molar-refractivity contribution is 9.10. The molecule has 0 spiro atoms. The fraction of sp³-hybridized carbons (Fsp3) is 0.250. The predicted octanol–water partition coefficient (Wildman–Crippen LogP) is 1.37. The summed E-state index contributed by atoms with van der Waals surface area (Å²) in [4.78, 5) is 33.4. The molecular weight excluding hydrogens is 332 g/mol. The van der Waals surface area contributed by atoms with Gasteiger partial charge in [-0.05, 0) is 41.1 Å². The maximum Gasteiger partial charge on any atom is 0.335 e. The van der Waals surface area contributed by atoms with Crippen molar-refractivity contribution in [3.63, 3.8) is 0 Å². The number of hydrogen-bond acceptors (Lipinski definition) is 4. The van der Waals surface area contributed by atoms with E-state index >= 15 is 0 Å². The number of carbonyl (C=O) groups is 3. The van der Waals surface area contributed by atoms with Crippen LogP contribution in [0.4, 0.5) is 4.79 Å². The maximum absolute atomic E-state index is 11.6. The Morgan fingerprint density at radius 2 is 2.00 bits per heavy atom. The number of carbonyl (C=O) groups excluding carboxylic acids is 2. The van der Waals surface area contributed by atoms with Crippen LogP contribution in [0.25, 0.3) is 0 Å². The van der Waals surface area contributed by atoms with Crippen LogP contribution >= 0.6 is 15.9 Å². The molecule has 1 rings (SSSR count). The Bertz CT molecular complexity index is 547. The molecule has 0 saturated carbocycles. The van der Waals surface area contributed by atoms with Crippen molar-refractivity contribution in [2.75, 3.05) is 7.05 Å². The minimum absolute atomic E-state index is 0.0895. The van der Waals surface area contributed by atoms with Crippen molar-refractivity contribution >= 4 is 33.8 Å². The molecule has 1 atom stereocenters. The number of ether oxygens (including phenoxy) is 1. The highest BCUT2D eigenvalue weighted by atomic mass is 79.9. The zero-order valence-electron chi connectivity index (χ0n) is 10.8. The number of aromatic carboxylic acids is 1. The first-order chi connectivity index (χ1) is 9.35. The van der Waals surface area contributed by atoms with Crippen LogP contribution < -0.4 is 15.4 Å². The second kappa shape index (κ2) is 6.90. The summed E-state index contributed by atoms with van der Waals surface area (Å²) in [6.45, 7) is 1.47. The maximum atomic E-state index is 11.6. The number of halogens is 1. The summed E-state index contributed by atoms with van der Waals surface area (Å²) in [5, 5.41) is 13.1. The Morgan fingerprint density at radius 1 is 1.35 bits per heavy atom. The Morgan fingerprint density at radius 3 is 2.50 bits per heavy atom. The summed E-state index contributed by atoms with van der Waals surface area (Å²) < 4.78 is 5.76. The zero-order valence-corrected chi connectivity index (χ0v) is 12.4. The molecule has 0 heterocycles.